The first kappa shape index (κ1) is 21.3. The van der Waals surface area contributed by atoms with Gasteiger partial charge in [0.2, 0.25) is 5.96 Å². The SMILES string of the molecule is COCCN1C(=O)C2C(N=C(n3nc(C)cc3C)N2Cc2ccc(Cl)cc2)N(C)C1=O. The van der Waals surface area contributed by atoms with Crippen molar-refractivity contribution in [3.8, 4) is 0 Å². The maximum Gasteiger partial charge on any atom is 0.328 e. The van der Waals surface area contributed by atoms with Gasteiger partial charge in [-0.05, 0) is 37.6 Å². The van der Waals surface area contributed by atoms with Crippen LogP contribution in [0.5, 0.6) is 0 Å². The number of methoxy groups -OCH3 is 1. The quantitative estimate of drug-likeness (QED) is 0.705. The number of ether oxygens (including phenoxy) is 1. The Kier molecular flexibility index (Phi) is 5.72. The summed E-state index contributed by atoms with van der Waals surface area (Å²) in [7, 11) is 3.21. The number of hydrogen-bond donors (Lipinski definition) is 0. The molecule has 1 saturated heterocycles. The number of likely N-dealkylation sites (N-methyl/N-ethyl adjacent to an activating group) is 1. The molecule has 10 heteroatoms. The maximum absolute atomic E-state index is 13.4. The van der Waals surface area contributed by atoms with Gasteiger partial charge in [0.15, 0.2) is 12.2 Å². The summed E-state index contributed by atoms with van der Waals surface area (Å²) in [5, 5.41) is 5.21. The molecule has 2 aliphatic heterocycles. The van der Waals surface area contributed by atoms with Gasteiger partial charge in [-0.25, -0.2) is 14.5 Å². The third kappa shape index (κ3) is 3.79. The predicted octanol–water partition coefficient (Wildman–Crippen LogP) is 2.11. The number of carbonyl (C=O) groups is 2. The Hall–Kier alpha value is -2.91. The molecule has 2 aliphatic rings. The Morgan fingerprint density at radius 3 is 2.48 bits per heavy atom. The average molecular weight is 445 g/mol. The number of rotatable bonds is 5. The van der Waals surface area contributed by atoms with Crippen LogP contribution in [0.1, 0.15) is 17.0 Å². The molecule has 1 fully saturated rings. The van der Waals surface area contributed by atoms with Gasteiger partial charge in [0, 0.05) is 31.4 Å². The Bertz CT molecular complexity index is 1030. The zero-order valence-corrected chi connectivity index (χ0v) is 18.7. The zero-order valence-electron chi connectivity index (χ0n) is 17.9. The van der Waals surface area contributed by atoms with Crippen LogP contribution in [0.15, 0.2) is 35.3 Å². The van der Waals surface area contributed by atoms with Gasteiger partial charge in [-0.3, -0.25) is 9.69 Å². The summed E-state index contributed by atoms with van der Waals surface area (Å²) in [5.41, 5.74) is 2.71. The Balaban J connectivity index is 1.76. The summed E-state index contributed by atoms with van der Waals surface area (Å²) in [4.78, 5) is 35.7. The summed E-state index contributed by atoms with van der Waals surface area (Å²) in [6.07, 6.45) is -0.634. The lowest BCUT2D eigenvalue weighted by Crippen LogP contribution is -2.65. The minimum Gasteiger partial charge on any atom is -0.383 e. The van der Waals surface area contributed by atoms with E-state index < -0.39 is 12.2 Å². The van der Waals surface area contributed by atoms with Gasteiger partial charge in [0.05, 0.1) is 18.8 Å². The van der Waals surface area contributed by atoms with E-state index in [1.165, 1.54) is 16.9 Å². The second-order valence-electron chi connectivity index (χ2n) is 7.76. The highest BCUT2D eigenvalue weighted by molar-refractivity contribution is 6.30. The second kappa shape index (κ2) is 8.32. The minimum absolute atomic E-state index is 0.186. The van der Waals surface area contributed by atoms with Crippen LogP contribution in [0.3, 0.4) is 0 Å². The van der Waals surface area contributed by atoms with E-state index in [-0.39, 0.29) is 25.1 Å². The Morgan fingerprint density at radius 2 is 1.87 bits per heavy atom. The fourth-order valence-corrected chi connectivity index (χ4v) is 4.14. The molecule has 0 saturated carbocycles. The molecule has 3 heterocycles. The van der Waals surface area contributed by atoms with Crippen LogP contribution in [0.2, 0.25) is 5.02 Å². The van der Waals surface area contributed by atoms with Gasteiger partial charge >= 0.3 is 6.03 Å². The van der Waals surface area contributed by atoms with Crippen molar-refractivity contribution >= 4 is 29.5 Å². The summed E-state index contributed by atoms with van der Waals surface area (Å²) in [6.45, 7) is 4.72. The number of imide groups is 1. The van der Waals surface area contributed by atoms with Crippen molar-refractivity contribution in [2.45, 2.75) is 32.6 Å². The van der Waals surface area contributed by atoms with Gasteiger partial charge in [-0.1, -0.05) is 23.7 Å². The zero-order chi connectivity index (χ0) is 22.3. The molecular formula is C21H25ClN6O3. The molecule has 3 amide bonds. The van der Waals surface area contributed by atoms with Crippen LogP contribution < -0.4 is 0 Å². The number of carbonyl (C=O) groups excluding carboxylic acids is 2. The van der Waals surface area contributed by atoms with Crippen LogP contribution in [0, 0.1) is 13.8 Å². The van der Waals surface area contributed by atoms with E-state index in [1.807, 2.05) is 49.1 Å². The van der Waals surface area contributed by atoms with Gasteiger partial charge in [0.25, 0.3) is 5.91 Å². The fourth-order valence-electron chi connectivity index (χ4n) is 4.02. The minimum atomic E-state index is -0.658. The fraction of sp³-hybridized carbons (Fsp3) is 0.429. The van der Waals surface area contributed by atoms with Crippen LogP contribution in [0.4, 0.5) is 4.79 Å². The summed E-state index contributed by atoms with van der Waals surface area (Å²) in [5.74, 6) is 0.247. The number of aryl methyl sites for hydroxylation is 2. The molecule has 9 nitrogen and oxygen atoms in total. The van der Waals surface area contributed by atoms with E-state index in [0.717, 1.165) is 17.0 Å². The first-order valence-electron chi connectivity index (χ1n) is 10.0. The smallest absolute Gasteiger partial charge is 0.328 e. The lowest BCUT2D eigenvalue weighted by atomic mass is 10.1. The Labute approximate surface area is 185 Å². The molecule has 1 aromatic carbocycles. The molecule has 0 spiro atoms. The van der Waals surface area contributed by atoms with Crippen LogP contribution in [-0.4, -0.2) is 81.9 Å². The van der Waals surface area contributed by atoms with Gasteiger partial charge in [-0.15, -0.1) is 0 Å². The van der Waals surface area contributed by atoms with Crippen molar-refractivity contribution in [1.29, 1.82) is 0 Å². The van der Waals surface area contributed by atoms with Crippen molar-refractivity contribution in [2.75, 3.05) is 27.3 Å². The number of benzene rings is 1. The van der Waals surface area contributed by atoms with Gasteiger partial charge in [0.1, 0.15) is 0 Å². The number of halogens is 1. The van der Waals surface area contributed by atoms with Crippen molar-refractivity contribution in [1.82, 2.24) is 24.5 Å². The highest BCUT2D eigenvalue weighted by Crippen LogP contribution is 2.30. The number of urea groups is 1. The number of aliphatic imine (C=N–C) groups is 1. The molecule has 0 radical (unpaired) electrons. The molecular weight excluding hydrogens is 420 g/mol. The molecule has 2 aromatic rings. The third-order valence-electron chi connectivity index (χ3n) is 5.56. The molecule has 164 valence electrons. The van der Waals surface area contributed by atoms with Gasteiger partial charge in [-0.2, -0.15) is 5.10 Å². The predicted molar refractivity (Wildman–Crippen MR) is 116 cm³/mol. The highest BCUT2D eigenvalue weighted by atomic mass is 35.5. The number of amides is 3. The third-order valence-corrected chi connectivity index (χ3v) is 5.81. The number of fused-ring (bicyclic) bond motifs is 1. The molecule has 2 unspecified atom stereocenters. The number of aromatic nitrogens is 2. The average Bonchev–Trinajstić information content (AvgIpc) is 3.27. The van der Waals surface area contributed by atoms with E-state index in [0.29, 0.717) is 17.5 Å². The van der Waals surface area contributed by atoms with Crippen LogP contribution in [0.25, 0.3) is 0 Å². The van der Waals surface area contributed by atoms with E-state index in [1.54, 1.807) is 11.7 Å². The molecule has 1 aromatic heterocycles. The van der Waals surface area contributed by atoms with E-state index in [9.17, 15) is 9.59 Å². The Morgan fingerprint density at radius 1 is 1.16 bits per heavy atom. The first-order valence-corrected chi connectivity index (χ1v) is 10.4. The lowest BCUT2D eigenvalue weighted by Gasteiger charge is -2.41. The van der Waals surface area contributed by atoms with Gasteiger partial charge < -0.3 is 14.5 Å². The maximum atomic E-state index is 13.4. The molecule has 31 heavy (non-hydrogen) atoms. The monoisotopic (exact) mass is 444 g/mol. The van der Waals surface area contributed by atoms with E-state index in [2.05, 4.69) is 5.10 Å². The molecule has 2 atom stereocenters. The van der Waals surface area contributed by atoms with Crippen LogP contribution in [-0.2, 0) is 16.1 Å². The van der Waals surface area contributed by atoms with Crippen molar-refractivity contribution in [2.24, 2.45) is 4.99 Å². The van der Waals surface area contributed by atoms with Crippen LogP contribution >= 0.6 is 11.6 Å². The van der Waals surface area contributed by atoms with E-state index in [4.69, 9.17) is 21.3 Å². The summed E-state index contributed by atoms with van der Waals surface area (Å²) >= 11 is 6.04. The summed E-state index contributed by atoms with van der Waals surface area (Å²) < 4.78 is 6.83. The van der Waals surface area contributed by atoms with E-state index >= 15 is 0 Å². The molecule has 4 rings (SSSR count). The van der Waals surface area contributed by atoms with Crippen molar-refractivity contribution in [3.05, 3.63) is 52.3 Å². The topological polar surface area (TPSA) is 83.3 Å². The highest BCUT2D eigenvalue weighted by Gasteiger charge is 2.52. The molecule has 0 N–H and O–H groups in total. The summed E-state index contributed by atoms with van der Waals surface area (Å²) in [6, 6.07) is 8.37. The molecule has 0 aliphatic carbocycles. The molecule has 0 bridgehead atoms. The second-order valence-corrected chi connectivity index (χ2v) is 8.19. The van der Waals surface area contributed by atoms with Crippen molar-refractivity contribution < 1.29 is 14.3 Å². The normalized spacial score (nSPS) is 21.1. The number of hydrogen-bond acceptors (Lipinski definition) is 6. The van der Waals surface area contributed by atoms with Crippen molar-refractivity contribution in [3.63, 3.8) is 0 Å². The lowest BCUT2D eigenvalue weighted by molar-refractivity contribution is -0.138. The number of nitrogens with zero attached hydrogens (tertiary/aromatic N) is 6. The standard InChI is InChI=1S/C21H25ClN6O3/c1-13-11-14(2)28(24-13)20-23-18-17(27(20)12-15-5-7-16(22)8-6-15)19(29)26(9-10-31-4)21(30)25(18)3/h5-8,11,17-18H,9-10,12H2,1-4H3. The largest absolute Gasteiger partial charge is 0.383 e. The first-order chi connectivity index (χ1) is 14.8.